The zero-order valence-corrected chi connectivity index (χ0v) is 11.6. The molecule has 5 nitrogen and oxygen atoms in total. The van der Waals surface area contributed by atoms with Crippen LogP contribution in [0.4, 0.5) is 0 Å². The Labute approximate surface area is 114 Å². The summed E-state index contributed by atoms with van der Waals surface area (Å²) in [4.78, 5) is 23.4. The van der Waals surface area contributed by atoms with Crippen LogP contribution in [0.5, 0.6) is 0 Å². The summed E-state index contributed by atoms with van der Waals surface area (Å²) in [5.41, 5.74) is -0.258. The van der Waals surface area contributed by atoms with Gasteiger partial charge in [-0.05, 0) is 25.3 Å². The molecule has 0 spiro atoms. The number of amides is 2. The average Bonchev–Trinajstić information content (AvgIpc) is 2.80. The molecular formula is C12H22ClN3O2. The van der Waals surface area contributed by atoms with Gasteiger partial charge in [0.1, 0.15) is 0 Å². The summed E-state index contributed by atoms with van der Waals surface area (Å²) >= 11 is 0. The van der Waals surface area contributed by atoms with Crippen LogP contribution >= 0.6 is 12.4 Å². The van der Waals surface area contributed by atoms with Gasteiger partial charge in [0.2, 0.25) is 11.8 Å². The third kappa shape index (κ3) is 2.78. The maximum atomic E-state index is 12.3. The number of carbonyl (C=O) groups excluding carboxylic acids is 2. The Morgan fingerprint density at radius 1 is 1.39 bits per heavy atom. The molecule has 6 heteroatoms. The largest absolute Gasteiger partial charge is 0.358 e. The van der Waals surface area contributed by atoms with Gasteiger partial charge >= 0.3 is 0 Å². The number of fused-ring (bicyclic) bond motifs is 1. The Balaban J connectivity index is 0.00000162. The minimum absolute atomic E-state index is 0. The molecule has 2 fully saturated rings. The third-order valence-corrected chi connectivity index (χ3v) is 4.18. The van der Waals surface area contributed by atoms with Crippen molar-refractivity contribution in [3.8, 4) is 0 Å². The van der Waals surface area contributed by atoms with E-state index in [2.05, 4.69) is 16.0 Å². The number of likely N-dealkylation sites (N-methyl/N-ethyl adjacent to an activating group) is 1. The quantitative estimate of drug-likeness (QED) is 0.682. The van der Waals surface area contributed by atoms with Gasteiger partial charge in [0.25, 0.3) is 0 Å². The molecule has 0 unspecified atom stereocenters. The molecule has 2 atom stereocenters. The molecule has 1 aliphatic heterocycles. The molecule has 1 heterocycles. The molecule has 18 heavy (non-hydrogen) atoms. The van der Waals surface area contributed by atoms with Gasteiger partial charge in [0, 0.05) is 13.6 Å². The van der Waals surface area contributed by atoms with Crippen LogP contribution in [0.25, 0.3) is 0 Å². The number of rotatable bonds is 3. The van der Waals surface area contributed by atoms with Gasteiger partial charge in [0.15, 0.2) is 0 Å². The summed E-state index contributed by atoms with van der Waals surface area (Å²) in [6.07, 6.45) is 4.41. The van der Waals surface area contributed by atoms with Crippen LogP contribution in [-0.2, 0) is 9.59 Å². The van der Waals surface area contributed by atoms with Crippen LogP contribution in [0, 0.1) is 11.3 Å². The normalized spacial score (nSPS) is 29.9. The predicted molar refractivity (Wildman–Crippen MR) is 71.6 cm³/mol. The van der Waals surface area contributed by atoms with Crippen molar-refractivity contribution in [1.82, 2.24) is 16.0 Å². The van der Waals surface area contributed by atoms with Gasteiger partial charge in [-0.3, -0.25) is 9.59 Å². The van der Waals surface area contributed by atoms with Crippen molar-refractivity contribution in [2.45, 2.75) is 25.7 Å². The fraction of sp³-hybridized carbons (Fsp3) is 0.833. The number of hydrogen-bond donors (Lipinski definition) is 3. The summed E-state index contributed by atoms with van der Waals surface area (Å²) in [5, 5.41) is 8.61. The lowest BCUT2D eigenvalue weighted by Gasteiger charge is -2.37. The molecule has 3 N–H and O–H groups in total. The molecule has 0 aromatic carbocycles. The van der Waals surface area contributed by atoms with E-state index in [-0.39, 0.29) is 36.2 Å². The van der Waals surface area contributed by atoms with Crippen LogP contribution in [0.3, 0.4) is 0 Å². The topological polar surface area (TPSA) is 70.2 Å². The van der Waals surface area contributed by atoms with Crippen LogP contribution < -0.4 is 16.0 Å². The Hall–Kier alpha value is -0.810. The molecule has 0 bridgehead atoms. The molecule has 2 amide bonds. The average molecular weight is 276 g/mol. The van der Waals surface area contributed by atoms with Gasteiger partial charge in [0.05, 0.1) is 12.0 Å². The number of nitrogens with one attached hydrogen (secondary N) is 3. The highest BCUT2D eigenvalue weighted by atomic mass is 35.5. The van der Waals surface area contributed by atoms with Gasteiger partial charge in [-0.2, -0.15) is 0 Å². The highest BCUT2D eigenvalue weighted by Gasteiger charge is 2.49. The van der Waals surface area contributed by atoms with Crippen LogP contribution in [-0.4, -0.2) is 38.5 Å². The minimum atomic E-state index is -0.258. The van der Waals surface area contributed by atoms with Crippen molar-refractivity contribution in [3.05, 3.63) is 0 Å². The van der Waals surface area contributed by atoms with Gasteiger partial charge < -0.3 is 16.0 Å². The van der Waals surface area contributed by atoms with Crippen molar-refractivity contribution < 1.29 is 9.59 Å². The highest BCUT2D eigenvalue weighted by molar-refractivity contribution is 5.88. The monoisotopic (exact) mass is 275 g/mol. The van der Waals surface area contributed by atoms with E-state index in [1.165, 1.54) is 6.42 Å². The zero-order chi connectivity index (χ0) is 12.3. The first kappa shape index (κ1) is 15.2. The summed E-state index contributed by atoms with van der Waals surface area (Å²) < 4.78 is 0. The molecule has 1 saturated heterocycles. The standard InChI is InChI=1S/C12H21N3O2.ClH/c1-13-10(16)7-15-11(17)12-5-3-2-4-9(12)6-14-8-12;/h9,14H,2-8H2,1H3,(H,13,16)(H,15,17);1H/t9-,12+;/m0./s1. The molecule has 0 aromatic heterocycles. The Kier molecular flexibility index (Phi) is 5.41. The van der Waals surface area contributed by atoms with Gasteiger partial charge in [-0.1, -0.05) is 12.8 Å². The fourth-order valence-electron chi connectivity index (χ4n) is 3.12. The summed E-state index contributed by atoms with van der Waals surface area (Å²) in [6, 6.07) is 0. The smallest absolute Gasteiger partial charge is 0.239 e. The lowest BCUT2D eigenvalue weighted by atomic mass is 9.67. The van der Waals surface area contributed by atoms with Crippen molar-refractivity contribution in [3.63, 3.8) is 0 Å². The minimum Gasteiger partial charge on any atom is -0.358 e. The molecular weight excluding hydrogens is 254 g/mol. The molecule has 1 saturated carbocycles. The second-order valence-corrected chi connectivity index (χ2v) is 5.09. The van der Waals surface area contributed by atoms with E-state index in [0.29, 0.717) is 5.92 Å². The van der Waals surface area contributed by atoms with E-state index in [9.17, 15) is 9.59 Å². The molecule has 2 aliphatic rings. The summed E-state index contributed by atoms with van der Waals surface area (Å²) in [5.74, 6) is 0.352. The van der Waals surface area contributed by atoms with Crippen molar-refractivity contribution in [2.75, 3.05) is 26.7 Å². The first-order chi connectivity index (χ1) is 8.19. The molecule has 2 rings (SSSR count). The van der Waals surface area contributed by atoms with Crippen LogP contribution in [0.1, 0.15) is 25.7 Å². The Morgan fingerprint density at radius 3 is 2.89 bits per heavy atom. The Morgan fingerprint density at radius 2 is 2.17 bits per heavy atom. The van der Waals surface area contributed by atoms with E-state index in [4.69, 9.17) is 0 Å². The maximum absolute atomic E-state index is 12.3. The lowest BCUT2D eigenvalue weighted by Crippen LogP contribution is -2.49. The maximum Gasteiger partial charge on any atom is 0.239 e. The van der Waals surface area contributed by atoms with Gasteiger partial charge in [-0.25, -0.2) is 0 Å². The van der Waals surface area contributed by atoms with E-state index >= 15 is 0 Å². The molecule has 0 radical (unpaired) electrons. The van der Waals surface area contributed by atoms with E-state index in [0.717, 1.165) is 32.4 Å². The number of halogens is 1. The second-order valence-electron chi connectivity index (χ2n) is 5.09. The third-order valence-electron chi connectivity index (χ3n) is 4.18. The van der Waals surface area contributed by atoms with Gasteiger partial charge in [-0.15, -0.1) is 12.4 Å². The molecule has 1 aliphatic carbocycles. The zero-order valence-electron chi connectivity index (χ0n) is 10.8. The summed E-state index contributed by atoms with van der Waals surface area (Å²) in [6.45, 7) is 1.79. The number of hydrogen-bond acceptors (Lipinski definition) is 3. The first-order valence-corrected chi connectivity index (χ1v) is 6.38. The second kappa shape index (κ2) is 6.38. The molecule has 0 aromatic rings. The first-order valence-electron chi connectivity index (χ1n) is 6.38. The van der Waals surface area contributed by atoms with Crippen LogP contribution in [0.2, 0.25) is 0 Å². The van der Waals surface area contributed by atoms with E-state index in [1.807, 2.05) is 0 Å². The van der Waals surface area contributed by atoms with E-state index in [1.54, 1.807) is 7.05 Å². The highest BCUT2D eigenvalue weighted by Crippen LogP contribution is 2.43. The van der Waals surface area contributed by atoms with Crippen LogP contribution in [0.15, 0.2) is 0 Å². The Bertz CT molecular complexity index is 324. The van der Waals surface area contributed by atoms with Crippen molar-refractivity contribution in [2.24, 2.45) is 11.3 Å². The lowest BCUT2D eigenvalue weighted by molar-refractivity contribution is -0.135. The van der Waals surface area contributed by atoms with Crippen molar-refractivity contribution in [1.29, 1.82) is 0 Å². The SMILES string of the molecule is CNC(=O)CNC(=O)[C@@]12CCCC[C@H]1CNC2.Cl. The number of carbonyl (C=O) groups is 2. The molecule has 104 valence electrons. The fourth-order valence-corrected chi connectivity index (χ4v) is 3.12. The summed E-state index contributed by atoms with van der Waals surface area (Å²) in [7, 11) is 1.58. The van der Waals surface area contributed by atoms with Crippen molar-refractivity contribution >= 4 is 24.2 Å². The van der Waals surface area contributed by atoms with E-state index < -0.39 is 0 Å². The predicted octanol–water partition coefficient (Wildman–Crippen LogP) is 0.0502.